The Morgan fingerprint density at radius 2 is 1.95 bits per heavy atom. The summed E-state index contributed by atoms with van der Waals surface area (Å²) >= 11 is 0. The van der Waals surface area contributed by atoms with Gasteiger partial charge < -0.3 is 10.5 Å². The van der Waals surface area contributed by atoms with Crippen molar-refractivity contribution < 1.29 is 17.9 Å². The molecule has 6 nitrogen and oxygen atoms in total. The minimum Gasteiger partial charge on any atom is -0.465 e. The SMILES string of the molecule is COC(=O)c1cccc(S(=O)(=O)NC2CCC(N)CC2)c1. The van der Waals surface area contributed by atoms with Gasteiger partial charge in [0.25, 0.3) is 0 Å². The molecule has 116 valence electrons. The van der Waals surface area contributed by atoms with Crippen LogP contribution in [0, 0.1) is 0 Å². The van der Waals surface area contributed by atoms with Crippen LogP contribution in [0.4, 0.5) is 0 Å². The molecule has 21 heavy (non-hydrogen) atoms. The van der Waals surface area contributed by atoms with Gasteiger partial charge >= 0.3 is 5.97 Å². The highest BCUT2D eigenvalue weighted by Gasteiger charge is 2.24. The van der Waals surface area contributed by atoms with Gasteiger partial charge in [-0.1, -0.05) is 6.07 Å². The fourth-order valence-corrected chi connectivity index (χ4v) is 3.78. The number of methoxy groups -OCH3 is 1. The van der Waals surface area contributed by atoms with Crippen molar-refractivity contribution in [2.45, 2.75) is 42.7 Å². The molecule has 1 aliphatic carbocycles. The van der Waals surface area contributed by atoms with Crippen LogP contribution in [0.3, 0.4) is 0 Å². The zero-order valence-electron chi connectivity index (χ0n) is 11.9. The zero-order valence-corrected chi connectivity index (χ0v) is 12.7. The Hall–Kier alpha value is -1.44. The first kappa shape index (κ1) is 15.9. The second-order valence-corrected chi connectivity index (χ2v) is 6.97. The Morgan fingerprint density at radius 1 is 1.29 bits per heavy atom. The van der Waals surface area contributed by atoms with Gasteiger partial charge in [-0.3, -0.25) is 0 Å². The van der Waals surface area contributed by atoms with Crippen LogP contribution in [-0.4, -0.2) is 33.6 Å². The van der Waals surface area contributed by atoms with E-state index in [1.165, 1.54) is 31.4 Å². The molecule has 3 N–H and O–H groups in total. The number of hydrogen-bond donors (Lipinski definition) is 2. The zero-order chi connectivity index (χ0) is 15.5. The first-order chi connectivity index (χ1) is 9.92. The fourth-order valence-electron chi connectivity index (χ4n) is 2.43. The smallest absolute Gasteiger partial charge is 0.337 e. The lowest BCUT2D eigenvalue weighted by Gasteiger charge is -2.26. The molecule has 1 aromatic rings. The van der Waals surface area contributed by atoms with Gasteiger partial charge in [-0.25, -0.2) is 17.9 Å². The molecule has 0 atom stereocenters. The van der Waals surface area contributed by atoms with E-state index in [0.717, 1.165) is 25.7 Å². The standard InChI is InChI=1S/C14H20N2O4S/c1-20-14(17)10-3-2-4-13(9-10)21(18,19)16-12-7-5-11(15)6-8-12/h2-4,9,11-12,16H,5-8,15H2,1H3. The maximum Gasteiger partial charge on any atom is 0.337 e. The quantitative estimate of drug-likeness (QED) is 0.809. The molecule has 0 saturated heterocycles. The predicted molar refractivity (Wildman–Crippen MR) is 78.3 cm³/mol. The second-order valence-electron chi connectivity index (χ2n) is 5.25. The molecule has 1 aromatic carbocycles. The Balaban J connectivity index is 2.14. The molecule has 2 rings (SSSR count). The number of sulfonamides is 1. The first-order valence-electron chi connectivity index (χ1n) is 6.88. The maximum absolute atomic E-state index is 12.4. The minimum absolute atomic E-state index is 0.0697. The van der Waals surface area contributed by atoms with Gasteiger partial charge in [0.2, 0.25) is 10.0 Å². The van der Waals surface area contributed by atoms with Gasteiger partial charge in [0.05, 0.1) is 17.6 Å². The predicted octanol–water partition coefficient (Wildman–Crippen LogP) is 1.02. The number of ether oxygens (including phenoxy) is 1. The van der Waals surface area contributed by atoms with E-state index < -0.39 is 16.0 Å². The molecule has 0 aromatic heterocycles. The number of carbonyl (C=O) groups excluding carboxylic acids is 1. The highest BCUT2D eigenvalue weighted by atomic mass is 32.2. The summed E-state index contributed by atoms with van der Waals surface area (Å²) in [5.74, 6) is -0.560. The van der Waals surface area contributed by atoms with Gasteiger partial charge in [0, 0.05) is 12.1 Å². The van der Waals surface area contributed by atoms with Crippen LogP contribution in [0.2, 0.25) is 0 Å². The topological polar surface area (TPSA) is 98.5 Å². The average Bonchev–Trinajstić information content (AvgIpc) is 2.49. The third kappa shape index (κ3) is 4.03. The second kappa shape index (κ2) is 6.55. The third-order valence-electron chi connectivity index (χ3n) is 3.66. The summed E-state index contributed by atoms with van der Waals surface area (Å²) in [6.07, 6.45) is 3.10. The Morgan fingerprint density at radius 3 is 2.57 bits per heavy atom. The van der Waals surface area contributed by atoms with E-state index in [4.69, 9.17) is 5.73 Å². The number of carbonyl (C=O) groups is 1. The lowest BCUT2D eigenvalue weighted by Crippen LogP contribution is -2.40. The van der Waals surface area contributed by atoms with Crippen molar-refractivity contribution >= 4 is 16.0 Å². The average molecular weight is 312 g/mol. The fraction of sp³-hybridized carbons (Fsp3) is 0.500. The van der Waals surface area contributed by atoms with Crippen LogP contribution in [0.5, 0.6) is 0 Å². The highest BCUT2D eigenvalue weighted by Crippen LogP contribution is 2.20. The third-order valence-corrected chi connectivity index (χ3v) is 5.18. The summed E-state index contributed by atoms with van der Waals surface area (Å²) in [4.78, 5) is 11.5. The van der Waals surface area contributed by atoms with Crippen LogP contribution >= 0.6 is 0 Å². The summed E-state index contributed by atoms with van der Waals surface area (Å²) in [5, 5.41) is 0. The highest BCUT2D eigenvalue weighted by molar-refractivity contribution is 7.89. The van der Waals surface area contributed by atoms with Gasteiger partial charge in [0.1, 0.15) is 0 Å². The number of esters is 1. The lowest BCUT2D eigenvalue weighted by atomic mass is 9.93. The Bertz CT molecular complexity index is 607. The molecule has 0 radical (unpaired) electrons. The molecule has 1 fully saturated rings. The van der Waals surface area contributed by atoms with Crippen molar-refractivity contribution in [2.24, 2.45) is 5.73 Å². The van der Waals surface area contributed by atoms with Gasteiger partial charge in [-0.2, -0.15) is 0 Å². The minimum atomic E-state index is -3.64. The van der Waals surface area contributed by atoms with Gasteiger partial charge in [-0.15, -0.1) is 0 Å². The van der Waals surface area contributed by atoms with E-state index in [-0.39, 0.29) is 22.5 Å². The molecule has 7 heteroatoms. The molecule has 0 bridgehead atoms. The number of nitrogens with two attached hydrogens (primary N) is 1. The van der Waals surface area contributed by atoms with Crippen LogP contribution in [0.1, 0.15) is 36.0 Å². The van der Waals surface area contributed by atoms with E-state index in [1.807, 2.05) is 0 Å². The van der Waals surface area contributed by atoms with Crippen molar-refractivity contribution in [3.63, 3.8) is 0 Å². The Kier molecular flexibility index (Phi) is 4.97. The van der Waals surface area contributed by atoms with E-state index in [1.54, 1.807) is 0 Å². The van der Waals surface area contributed by atoms with Crippen molar-refractivity contribution in [2.75, 3.05) is 7.11 Å². The van der Waals surface area contributed by atoms with E-state index >= 15 is 0 Å². The van der Waals surface area contributed by atoms with Crippen LogP contribution in [0.15, 0.2) is 29.2 Å². The molecule has 1 aliphatic rings. The molecule has 0 amide bonds. The maximum atomic E-state index is 12.4. The van der Waals surface area contributed by atoms with Crippen molar-refractivity contribution in [1.82, 2.24) is 4.72 Å². The lowest BCUT2D eigenvalue weighted by molar-refractivity contribution is 0.0600. The summed E-state index contributed by atoms with van der Waals surface area (Å²) in [5.41, 5.74) is 6.03. The molecule has 0 unspecified atom stereocenters. The van der Waals surface area contributed by atoms with Gasteiger partial charge in [0.15, 0.2) is 0 Å². The van der Waals surface area contributed by atoms with Crippen molar-refractivity contribution in [3.05, 3.63) is 29.8 Å². The molecular weight excluding hydrogens is 292 g/mol. The van der Waals surface area contributed by atoms with Crippen molar-refractivity contribution in [3.8, 4) is 0 Å². The molecule has 0 heterocycles. The number of benzene rings is 1. The molecule has 1 saturated carbocycles. The largest absolute Gasteiger partial charge is 0.465 e. The number of hydrogen-bond acceptors (Lipinski definition) is 5. The van der Waals surface area contributed by atoms with Gasteiger partial charge in [-0.05, 0) is 43.9 Å². The van der Waals surface area contributed by atoms with E-state index in [0.29, 0.717) is 0 Å². The summed E-state index contributed by atoms with van der Waals surface area (Å²) < 4.78 is 32.0. The number of rotatable bonds is 4. The summed E-state index contributed by atoms with van der Waals surface area (Å²) in [7, 11) is -2.38. The Labute approximate surface area is 124 Å². The van der Waals surface area contributed by atoms with Crippen LogP contribution < -0.4 is 10.5 Å². The molecular formula is C14H20N2O4S. The van der Waals surface area contributed by atoms with Crippen LogP contribution in [0.25, 0.3) is 0 Å². The van der Waals surface area contributed by atoms with E-state index in [2.05, 4.69) is 9.46 Å². The van der Waals surface area contributed by atoms with Crippen LogP contribution in [-0.2, 0) is 14.8 Å². The molecule has 0 aliphatic heterocycles. The summed E-state index contributed by atoms with van der Waals surface area (Å²) in [6, 6.07) is 5.89. The molecule has 0 spiro atoms. The normalized spacial score (nSPS) is 22.8. The first-order valence-corrected chi connectivity index (χ1v) is 8.37. The number of nitrogens with one attached hydrogen (secondary N) is 1. The van der Waals surface area contributed by atoms with E-state index in [9.17, 15) is 13.2 Å². The summed E-state index contributed by atoms with van der Waals surface area (Å²) in [6.45, 7) is 0. The van der Waals surface area contributed by atoms with Crippen molar-refractivity contribution in [1.29, 1.82) is 0 Å². The monoisotopic (exact) mass is 312 g/mol.